The molecule has 2 aromatic heterocycles. The molecule has 0 aliphatic carbocycles. The van der Waals surface area contributed by atoms with Crippen molar-refractivity contribution in [2.75, 3.05) is 18.0 Å². The van der Waals surface area contributed by atoms with Gasteiger partial charge >= 0.3 is 0 Å². The number of hydrogen-bond acceptors (Lipinski definition) is 5. The quantitative estimate of drug-likeness (QED) is 0.686. The topological polar surface area (TPSA) is 65.7 Å². The van der Waals surface area contributed by atoms with E-state index < -0.39 is 0 Å². The second-order valence-corrected chi connectivity index (χ2v) is 6.07. The molecule has 1 fully saturated rings. The van der Waals surface area contributed by atoms with E-state index in [-0.39, 0.29) is 0 Å². The molecular formula is C20H17N5. The van der Waals surface area contributed by atoms with Crippen LogP contribution in [0.25, 0.3) is 22.6 Å². The number of allylic oxidation sites excluding steroid dienone is 1. The Labute approximate surface area is 146 Å². The largest absolute Gasteiger partial charge is 0.341 e. The van der Waals surface area contributed by atoms with Crippen molar-refractivity contribution in [3.63, 3.8) is 0 Å². The molecule has 0 saturated carbocycles. The number of nitrogens with zero attached hydrogens (tertiary/aromatic N) is 5. The maximum Gasteiger partial charge on any atom is 0.225 e. The molecular weight excluding hydrogens is 310 g/mol. The van der Waals surface area contributed by atoms with Gasteiger partial charge in [0.05, 0.1) is 16.8 Å². The molecule has 0 spiro atoms. The molecule has 4 rings (SSSR count). The predicted octanol–water partition coefficient (Wildman–Crippen LogP) is 3.69. The van der Waals surface area contributed by atoms with Crippen LogP contribution in [0.5, 0.6) is 0 Å². The van der Waals surface area contributed by atoms with Gasteiger partial charge < -0.3 is 4.90 Å². The van der Waals surface area contributed by atoms with Crippen LogP contribution < -0.4 is 4.90 Å². The smallest absolute Gasteiger partial charge is 0.225 e. The molecule has 0 amide bonds. The molecule has 1 aliphatic rings. The summed E-state index contributed by atoms with van der Waals surface area (Å²) in [7, 11) is 0. The summed E-state index contributed by atoms with van der Waals surface area (Å²) in [5, 5.41) is 10.6. The summed E-state index contributed by atoms with van der Waals surface area (Å²) in [5.41, 5.74) is 2.84. The molecule has 1 saturated heterocycles. The number of pyridine rings is 1. The van der Waals surface area contributed by atoms with Gasteiger partial charge in [0.25, 0.3) is 0 Å². The van der Waals surface area contributed by atoms with E-state index in [4.69, 9.17) is 0 Å². The van der Waals surface area contributed by atoms with E-state index in [9.17, 15) is 5.26 Å². The number of fused-ring (bicyclic) bond motifs is 1. The van der Waals surface area contributed by atoms with Crippen molar-refractivity contribution in [3.8, 4) is 6.07 Å². The lowest BCUT2D eigenvalue weighted by molar-refractivity contribution is 0.897. The third-order valence-corrected chi connectivity index (χ3v) is 4.35. The molecule has 122 valence electrons. The molecule has 0 bridgehead atoms. The Bertz CT molecular complexity index is 963. The maximum absolute atomic E-state index is 9.53. The zero-order valence-electron chi connectivity index (χ0n) is 13.8. The minimum absolute atomic E-state index is 0.503. The molecule has 5 nitrogen and oxygen atoms in total. The van der Waals surface area contributed by atoms with E-state index in [1.54, 1.807) is 18.5 Å². The number of para-hydroxylation sites is 1. The van der Waals surface area contributed by atoms with Gasteiger partial charge in [-0.2, -0.15) is 5.26 Å². The fourth-order valence-corrected chi connectivity index (χ4v) is 3.03. The second kappa shape index (κ2) is 6.70. The molecule has 0 N–H and O–H groups in total. The Morgan fingerprint density at radius 3 is 2.56 bits per heavy atom. The fraction of sp³-hybridized carbons (Fsp3) is 0.200. The molecule has 0 radical (unpaired) electrons. The average molecular weight is 327 g/mol. The summed E-state index contributed by atoms with van der Waals surface area (Å²) in [6.07, 6.45) is 7.69. The van der Waals surface area contributed by atoms with Gasteiger partial charge in [0.1, 0.15) is 6.07 Å². The third kappa shape index (κ3) is 3.20. The number of aromatic nitrogens is 3. The molecule has 5 heteroatoms. The number of benzene rings is 1. The fourth-order valence-electron chi connectivity index (χ4n) is 3.03. The van der Waals surface area contributed by atoms with Crippen LogP contribution in [0.3, 0.4) is 0 Å². The van der Waals surface area contributed by atoms with Crippen LogP contribution in [0.2, 0.25) is 0 Å². The van der Waals surface area contributed by atoms with Crippen molar-refractivity contribution in [3.05, 3.63) is 60.0 Å². The lowest BCUT2D eigenvalue weighted by atomic mass is 10.1. The summed E-state index contributed by atoms with van der Waals surface area (Å²) in [5.74, 6) is 0.761. The normalized spacial score (nSPS) is 14.7. The third-order valence-electron chi connectivity index (χ3n) is 4.35. The van der Waals surface area contributed by atoms with Crippen LogP contribution in [-0.2, 0) is 0 Å². The second-order valence-electron chi connectivity index (χ2n) is 6.07. The molecule has 3 heterocycles. The summed E-state index contributed by atoms with van der Waals surface area (Å²) in [6.45, 7) is 2.03. The van der Waals surface area contributed by atoms with Crippen LogP contribution >= 0.6 is 0 Å². The Kier molecular flexibility index (Phi) is 4.09. The number of hydrogen-bond donors (Lipinski definition) is 0. The predicted molar refractivity (Wildman–Crippen MR) is 98.7 cm³/mol. The molecule has 0 atom stereocenters. The molecule has 3 aromatic rings. The Morgan fingerprint density at radius 1 is 1.04 bits per heavy atom. The zero-order chi connectivity index (χ0) is 17.1. The standard InChI is InChI=1S/C20H17N5/c21-12-17(19-8-7-16-5-1-2-6-18(16)24-19)11-15-13-22-20(23-14-15)25-9-3-4-10-25/h1-2,5-8,11,13-14H,3-4,9-10H2/b17-11+. The average Bonchev–Trinajstić information content (AvgIpc) is 3.21. The highest BCUT2D eigenvalue weighted by atomic mass is 15.3. The lowest BCUT2D eigenvalue weighted by Gasteiger charge is -2.14. The van der Waals surface area contributed by atoms with Crippen molar-refractivity contribution in [1.29, 1.82) is 5.26 Å². The first-order chi connectivity index (χ1) is 12.3. The van der Waals surface area contributed by atoms with Crippen molar-refractivity contribution in [2.24, 2.45) is 0 Å². The summed E-state index contributed by atoms with van der Waals surface area (Å²) >= 11 is 0. The number of anilines is 1. The minimum atomic E-state index is 0.503. The maximum atomic E-state index is 9.53. The molecule has 0 unspecified atom stereocenters. The van der Waals surface area contributed by atoms with Gasteiger partial charge in [-0.15, -0.1) is 0 Å². The minimum Gasteiger partial charge on any atom is -0.341 e. The highest BCUT2D eigenvalue weighted by Gasteiger charge is 2.14. The van der Waals surface area contributed by atoms with Crippen LogP contribution in [0.1, 0.15) is 24.1 Å². The molecule has 25 heavy (non-hydrogen) atoms. The highest BCUT2D eigenvalue weighted by Crippen LogP contribution is 2.20. The molecule has 1 aromatic carbocycles. The van der Waals surface area contributed by atoms with E-state index in [2.05, 4.69) is 25.9 Å². The van der Waals surface area contributed by atoms with Gasteiger partial charge in [-0.25, -0.2) is 15.0 Å². The van der Waals surface area contributed by atoms with Gasteiger partial charge in [0, 0.05) is 36.4 Å². The first kappa shape index (κ1) is 15.3. The first-order valence-corrected chi connectivity index (χ1v) is 8.38. The van der Waals surface area contributed by atoms with Crippen LogP contribution in [0.4, 0.5) is 5.95 Å². The van der Waals surface area contributed by atoms with E-state index in [1.165, 1.54) is 12.8 Å². The highest BCUT2D eigenvalue weighted by molar-refractivity contribution is 5.90. The van der Waals surface area contributed by atoms with Gasteiger partial charge in [0.15, 0.2) is 0 Å². The summed E-state index contributed by atoms with van der Waals surface area (Å²) < 4.78 is 0. The first-order valence-electron chi connectivity index (χ1n) is 8.38. The number of nitriles is 1. The van der Waals surface area contributed by atoms with Crippen LogP contribution in [0.15, 0.2) is 48.8 Å². The van der Waals surface area contributed by atoms with Crippen molar-refractivity contribution >= 4 is 28.5 Å². The van der Waals surface area contributed by atoms with E-state index in [1.807, 2.05) is 36.4 Å². The van der Waals surface area contributed by atoms with Crippen molar-refractivity contribution in [2.45, 2.75) is 12.8 Å². The van der Waals surface area contributed by atoms with Gasteiger partial charge in [-0.05, 0) is 31.1 Å². The van der Waals surface area contributed by atoms with Crippen LogP contribution in [0, 0.1) is 11.3 Å². The summed E-state index contributed by atoms with van der Waals surface area (Å²) in [4.78, 5) is 15.6. The van der Waals surface area contributed by atoms with Gasteiger partial charge in [-0.3, -0.25) is 0 Å². The van der Waals surface area contributed by atoms with E-state index in [0.717, 1.165) is 35.5 Å². The summed E-state index contributed by atoms with van der Waals surface area (Å²) in [6, 6.07) is 14.0. The Morgan fingerprint density at radius 2 is 1.80 bits per heavy atom. The monoisotopic (exact) mass is 327 g/mol. The van der Waals surface area contributed by atoms with Crippen molar-refractivity contribution in [1.82, 2.24) is 15.0 Å². The Hall–Kier alpha value is -3.26. The van der Waals surface area contributed by atoms with Gasteiger partial charge in [-0.1, -0.05) is 24.3 Å². The van der Waals surface area contributed by atoms with Crippen LogP contribution in [-0.4, -0.2) is 28.0 Å². The van der Waals surface area contributed by atoms with E-state index >= 15 is 0 Å². The lowest BCUT2D eigenvalue weighted by Crippen LogP contribution is -2.20. The SMILES string of the molecule is N#C/C(=C\c1cnc(N2CCCC2)nc1)c1ccc2ccccc2n1. The zero-order valence-corrected chi connectivity index (χ0v) is 13.8. The number of rotatable bonds is 3. The molecule has 1 aliphatic heterocycles. The Balaban J connectivity index is 1.64. The van der Waals surface area contributed by atoms with Crippen molar-refractivity contribution < 1.29 is 0 Å². The van der Waals surface area contributed by atoms with Gasteiger partial charge in [0.2, 0.25) is 5.95 Å². The van der Waals surface area contributed by atoms with E-state index in [0.29, 0.717) is 11.3 Å².